The molecule has 3 rings (SSSR count). The number of nitrogens with two attached hydrogens (primary N) is 1. The molecule has 3 nitrogen and oxygen atoms in total. The van der Waals surface area contributed by atoms with Crippen molar-refractivity contribution in [2.24, 2.45) is 5.73 Å². The highest BCUT2D eigenvalue weighted by Gasteiger charge is 2.25. The second-order valence-corrected chi connectivity index (χ2v) is 6.24. The van der Waals surface area contributed by atoms with Crippen molar-refractivity contribution >= 4 is 11.0 Å². The minimum Gasteiger partial charge on any atom is -0.328 e. The monoisotopic (exact) mass is 271 g/mol. The van der Waals surface area contributed by atoms with E-state index in [1.54, 1.807) is 0 Å². The van der Waals surface area contributed by atoms with Gasteiger partial charge in [0.25, 0.3) is 0 Å². The first-order valence-corrected chi connectivity index (χ1v) is 7.91. The number of imidazole rings is 1. The van der Waals surface area contributed by atoms with Crippen molar-refractivity contribution in [1.82, 2.24) is 9.55 Å². The molecule has 108 valence electrons. The standard InChI is InChI=1S/C17H25N3/c1-3-9-20-16-8-7-12(2)10-15(16)19-17(20)13-5-4-6-14(18)11-13/h7-8,10,13-14H,3-6,9,11,18H2,1-2H3. The number of fused-ring (bicyclic) bond motifs is 1. The number of benzene rings is 1. The molecule has 0 spiro atoms. The molecule has 2 unspecified atom stereocenters. The van der Waals surface area contributed by atoms with Crippen LogP contribution in [0.1, 0.15) is 56.3 Å². The van der Waals surface area contributed by atoms with E-state index in [0.717, 1.165) is 24.9 Å². The molecular weight excluding hydrogens is 246 g/mol. The molecule has 2 N–H and O–H groups in total. The van der Waals surface area contributed by atoms with Crippen LogP contribution in [-0.4, -0.2) is 15.6 Å². The van der Waals surface area contributed by atoms with Gasteiger partial charge in [-0.15, -0.1) is 0 Å². The zero-order chi connectivity index (χ0) is 14.1. The first-order chi connectivity index (χ1) is 9.69. The van der Waals surface area contributed by atoms with Crippen molar-refractivity contribution in [3.63, 3.8) is 0 Å². The molecule has 1 aromatic carbocycles. The second kappa shape index (κ2) is 5.57. The maximum absolute atomic E-state index is 6.17. The number of hydrogen-bond donors (Lipinski definition) is 1. The van der Waals surface area contributed by atoms with Gasteiger partial charge in [0, 0.05) is 18.5 Å². The van der Waals surface area contributed by atoms with Crippen molar-refractivity contribution in [3.05, 3.63) is 29.6 Å². The fraction of sp³-hybridized carbons (Fsp3) is 0.588. The van der Waals surface area contributed by atoms with Crippen LogP contribution in [0.4, 0.5) is 0 Å². The number of nitrogens with zero attached hydrogens (tertiary/aromatic N) is 2. The van der Waals surface area contributed by atoms with E-state index in [4.69, 9.17) is 10.7 Å². The molecule has 3 heteroatoms. The summed E-state index contributed by atoms with van der Waals surface area (Å²) in [6.07, 6.45) is 5.88. The van der Waals surface area contributed by atoms with Crippen molar-refractivity contribution in [2.45, 2.75) is 64.5 Å². The topological polar surface area (TPSA) is 43.8 Å². The molecule has 0 bridgehead atoms. The van der Waals surface area contributed by atoms with Crippen LogP contribution in [0.25, 0.3) is 11.0 Å². The first-order valence-electron chi connectivity index (χ1n) is 7.91. The smallest absolute Gasteiger partial charge is 0.113 e. The van der Waals surface area contributed by atoms with E-state index in [1.807, 2.05) is 0 Å². The summed E-state index contributed by atoms with van der Waals surface area (Å²) in [6, 6.07) is 6.96. The Balaban J connectivity index is 2.06. The highest BCUT2D eigenvalue weighted by Crippen LogP contribution is 2.33. The zero-order valence-electron chi connectivity index (χ0n) is 12.6. The normalized spacial score (nSPS) is 23.4. The minimum atomic E-state index is 0.352. The highest BCUT2D eigenvalue weighted by molar-refractivity contribution is 5.77. The zero-order valence-corrected chi connectivity index (χ0v) is 12.6. The number of rotatable bonds is 3. The average molecular weight is 271 g/mol. The third-order valence-electron chi connectivity index (χ3n) is 4.46. The molecule has 2 aromatic rings. The Morgan fingerprint density at radius 2 is 2.20 bits per heavy atom. The molecule has 20 heavy (non-hydrogen) atoms. The Hall–Kier alpha value is -1.35. The Morgan fingerprint density at radius 1 is 1.35 bits per heavy atom. The number of aromatic nitrogens is 2. The van der Waals surface area contributed by atoms with Crippen molar-refractivity contribution < 1.29 is 0 Å². The van der Waals surface area contributed by atoms with Crippen LogP contribution < -0.4 is 5.73 Å². The van der Waals surface area contributed by atoms with Crippen LogP contribution in [0.3, 0.4) is 0 Å². The summed E-state index contributed by atoms with van der Waals surface area (Å²) in [7, 11) is 0. The van der Waals surface area contributed by atoms with E-state index < -0.39 is 0 Å². The van der Waals surface area contributed by atoms with Crippen LogP contribution in [0.15, 0.2) is 18.2 Å². The van der Waals surface area contributed by atoms with Gasteiger partial charge in [-0.05, 0) is 50.3 Å². The van der Waals surface area contributed by atoms with E-state index in [-0.39, 0.29) is 0 Å². The molecule has 0 aliphatic heterocycles. The van der Waals surface area contributed by atoms with Crippen LogP contribution >= 0.6 is 0 Å². The Bertz CT molecular complexity index is 600. The lowest BCUT2D eigenvalue weighted by Gasteiger charge is -2.26. The maximum Gasteiger partial charge on any atom is 0.113 e. The summed E-state index contributed by atoms with van der Waals surface area (Å²) in [5, 5.41) is 0. The van der Waals surface area contributed by atoms with Gasteiger partial charge in [-0.1, -0.05) is 19.4 Å². The second-order valence-electron chi connectivity index (χ2n) is 6.24. The highest BCUT2D eigenvalue weighted by atomic mass is 15.1. The fourth-order valence-electron chi connectivity index (χ4n) is 3.49. The number of aryl methyl sites for hydroxylation is 2. The molecule has 1 aromatic heterocycles. The van der Waals surface area contributed by atoms with Crippen LogP contribution in [0.2, 0.25) is 0 Å². The van der Waals surface area contributed by atoms with E-state index in [1.165, 1.54) is 36.2 Å². The SMILES string of the molecule is CCCn1c(C2CCCC(N)C2)nc2cc(C)ccc21. The molecule has 1 aliphatic rings. The molecule has 2 atom stereocenters. The van der Waals surface area contributed by atoms with Crippen LogP contribution in [0, 0.1) is 6.92 Å². The van der Waals surface area contributed by atoms with Gasteiger partial charge in [0.15, 0.2) is 0 Å². The van der Waals surface area contributed by atoms with Crippen molar-refractivity contribution in [2.75, 3.05) is 0 Å². The Morgan fingerprint density at radius 3 is 2.95 bits per heavy atom. The van der Waals surface area contributed by atoms with Crippen molar-refractivity contribution in [1.29, 1.82) is 0 Å². The van der Waals surface area contributed by atoms with E-state index in [0.29, 0.717) is 12.0 Å². The van der Waals surface area contributed by atoms with E-state index in [2.05, 4.69) is 36.6 Å². The fourth-order valence-corrected chi connectivity index (χ4v) is 3.49. The quantitative estimate of drug-likeness (QED) is 0.924. The predicted octanol–water partition coefficient (Wildman–Crippen LogP) is 3.74. The van der Waals surface area contributed by atoms with Gasteiger partial charge in [0.1, 0.15) is 5.82 Å². The lowest BCUT2D eigenvalue weighted by atomic mass is 9.85. The van der Waals surface area contributed by atoms with Gasteiger partial charge in [-0.3, -0.25) is 0 Å². The molecule has 0 amide bonds. The molecule has 0 radical (unpaired) electrons. The van der Waals surface area contributed by atoms with Gasteiger partial charge in [0.05, 0.1) is 11.0 Å². The average Bonchev–Trinajstić information content (AvgIpc) is 2.77. The summed E-state index contributed by atoms with van der Waals surface area (Å²) >= 11 is 0. The summed E-state index contributed by atoms with van der Waals surface area (Å²) in [5.74, 6) is 1.81. The summed E-state index contributed by atoms with van der Waals surface area (Å²) in [5.41, 5.74) is 9.88. The van der Waals surface area contributed by atoms with Crippen LogP contribution in [-0.2, 0) is 6.54 Å². The maximum atomic E-state index is 6.17. The van der Waals surface area contributed by atoms with E-state index in [9.17, 15) is 0 Å². The molecule has 1 fully saturated rings. The largest absolute Gasteiger partial charge is 0.328 e. The van der Waals surface area contributed by atoms with Crippen LogP contribution in [0.5, 0.6) is 0 Å². The molecule has 0 saturated heterocycles. The van der Waals surface area contributed by atoms with Gasteiger partial charge >= 0.3 is 0 Å². The molecule has 1 saturated carbocycles. The van der Waals surface area contributed by atoms with Gasteiger partial charge in [0.2, 0.25) is 0 Å². The predicted molar refractivity (Wildman–Crippen MR) is 83.9 cm³/mol. The Kier molecular flexibility index (Phi) is 3.79. The lowest BCUT2D eigenvalue weighted by Crippen LogP contribution is -2.28. The minimum absolute atomic E-state index is 0.352. The molecular formula is C17H25N3. The summed E-state index contributed by atoms with van der Waals surface area (Å²) in [4.78, 5) is 4.96. The number of hydrogen-bond acceptors (Lipinski definition) is 2. The Labute approximate surface area is 121 Å². The summed E-state index contributed by atoms with van der Waals surface area (Å²) in [6.45, 7) is 5.42. The third kappa shape index (κ3) is 2.47. The molecule has 1 aliphatic carbocycles. The molecule has 1 heterocycles. The van der Waals surface area contributed by atoms with Gasteiger partial charge in [-0.25, -0.2) is 4.98 Å². The van der Waals surface area contributed by atoms with Crippen molar-refractivity contribution in [3.8, 4) is 0 Å². The summed E-state index contributed by atoms with van der Waals surface area (Å²) < 4.78 is 2.43. The first kappa shape index (κ1) is 13.6. The van der Waals surface area contributed by atoms with E-state index >= 15 is 0 Å². The van der Waals surface area contributed by atoms with Gasteiger partial charge in [-0.2, -0.15) is 0 Å². The third-order valence-corrected chi connectivity index (χ3v) is 4.46. The lowest BCUT2D eigenvalue weighted by molar-refractivity contribution is 0.374. The van der Waals surface area contributed by atoms with Gasteiger partial charge < -0.3 is 10.3 Å².